The Hall–Kier alpha value is -1.13. The SMILES string of the molecule is CC(C)c1ccc(S(=O)(=O)N2C3C=CCC2CC3)cc1. The van der Waals surface area contributed by atoms with Gasteiger partial charge in [-0.3, -0.25) is 0 Å². The van der Waals surface area contributed by atoms with E-state index in [0.29, 0.717) is 10.8 Å². The fourth-order valence-corrected chi connectivity index (χ4v) is 5.04. The monoisotopic (exact) mass is 291 g/mol. The Morgan fingerprint density at radius 3 is 2.45 bits per heavy atom. The number of sulfonamides is 1. The van der Waals surface area contributed by atoms with E-state index in [1.54, 1.807) is 16.4 Å². The van der Waals surface area contributed by atoms with Gasteiger partial charge in [0, 0.05) is 12.1 Å². The number of hydrogen-bond donors (Lipinski definition) is 0. The molecule has 1 fully saturated rings. The minimum atomic E-state index is -3.36. The first-order valence-electron chi connectivity index (χ1n) is 7.30. The minimum absolute atomic E-state index is 0.0588. The van der Waals surface area contributed by atoms with Crippen LogP contribution in [-0.2, 0) is 10.0 Å². The van der Waals surface area contributed by atoms with E-state index in [9.17, 15) is 8.42 Å². The summed E-state index contributed by atoms with van der Waals surface area (Å²) in [5, 5.41) is 0. The van der Waals surface area contributed by atoms with Crippen molar-refractivity contribution in [2.45, 2.75) is 56.0 Å². The second-order valence-corrected chi connectivity index (χ2v) is 7.86. The highest BCUT2D eigenvalue weighted by molar-refractivity contribution is 7.89. The predicted molar refractivity (Wildman–Crippen MR) is 80.1 cm³/mol. The van der Waals surface area contributed by atoms with Crippen LogP contribution in [0.1, 0.15) is 44.6 Å². The molecule has 20 heavy (non-hydrogen) atoms. The third-order valence-corrected chi connectivity index (χ3v) is 6.36. The fourth-order valence-electron chi connectivity index (χ4n) is 3.20. The predicted octanol–water partition coefficient (Wildman–Crippen LogP) is 3.29. The molecule has 2 heterocycles. The first kappa shape index (κ1) is 13.8. The standard InChI is InChI=1S/C16H21NO2S/c1-12(2)13-6-10-16(11-7-13)20(18,19)17-14-4-3-5-15(17)9-8-14/h3-4,6-7,10-12,14-15H,5,8-9H2,1-2H3. The third-order valence-electron chi connectivity index (χ3n) is 4.37. The Morgan fingerprint density at radius 1 is 1.15 bits per heavy atom. The fraction of sp³-hybridized carbons (Fsp3) is 0.500. The Labute approximate surface area is 121 Å². The van der Waals surface area contributed by atoms with Crippen molar-refractivity contribution >= 4 is 10.0 Å². The third kappa shape index (κ3) is 2.21. The van der Waals surface area contributed by atoms with Crippen molar-refractivity contribution in [2.75, 3.05) is 0 Å². The van der Waals surface area contributed by atoms with Crippen molar-refractivity contribution in [1.29, 1.82) is 0 Å². The van der Waals surface area contributed by atoms with Crippen molar-refractivity contribution in [3.8, 4) is 0 Å². The highest BCUT2D eigenvalue weighted by Gasteiger charge is 2.42. The van der Waals surface area contributed by atoms with Crippen molar-refractivity contribution in [3.63, 3.8) is 0 Å². The summed E-state index contributed by atoms with van der Waals surface area (Å²) in [7, 11) is -3.36. The number of fused-ring (bicyclic) bond motifs is 2. The molecule has 1 aromatic carbocycles. The molecule has 0 N–H and O–H groups in total. The van der Waals surface area contributed by atoms with Crippen LogP contribution >= 0.6 is 0 Å². The molecule has 0 aliphatic carbocycles. The number of hydrogen-bond acceptors (Lipinski definition) is 2. The van der Waals surface area contributed by atoms with E-state index in [1.165, 1.54) is 5.56 Å². The van der Waals surface area contributed by atoms with Crippen LogP contribution in [0.25, 0.3) is 0 Å². The van der Waals surface area contributed by atoms with Gasteiger partial charge in [0.2, 0.25) is 10.0 Å². The van der Waals surface area contributed by atoms with Gasteiger partial charge in [-0.15, -0.1) is 0 Å². The van der Waals surface area contributed by atoms with Crippen LogP contribution in [0.2, 0.25) is 0 Å². The topological polar surface area (TPSA) is 37.4 Å². The van der Waals surface area contributed by atoms with E-state index in [0.717, 1.165) is 19.3 Å². The van der Waals surface area contributed by atoms with Gasteiger partial charge in [-0.05, 0) is 42.9 Å². The Morgan fingerprint density at radius 2 is 1.85 bits per heavy atom. The molecule has 0 aromatic heterocycles. The van der Waals surface area contributed by atoms with E-state index < -0.39 is 10.0 Å². The normalized spacial score (nSPS) is 26.4. The lowest BCUT2D eigenvalue weighted by Crippen LogP contribution is -2.41. The summed E-state index contributed by atoms with van der Waals surface area (Å²) in [6, 6.07) is 7.58. The summed E-state index contributed by atoms with van der Waals surface area (Å²) in [6.07, 6.45) is 6.94. The molecule has 2 aliphatic heterocycles. The number of nitrogens with zero attached hydrogens (tertiary/aromatic N) is 1. The maximum Gasteiger partial charge on any atom is 0.243 e. The lowest BCUT2D eigenvalue weighted by atomic mass is 10.0. The van der Waals surface area contributed by atoms with Gasteiger partial charge in [0.25, 0.3) is 0 Å². The molecule has 108 valence electrons. The molecule has 2 unspecified atom stereocenters. The zero-order valence-corrected chi connectivity index (χ0v) is 12.8. The first-order chi connectivity index (χ1) is 9.50. The van der Waals surface area contributed by atoms with Gasteiger partial charge in [-0.1, -0.05) is 38.1 Å². The summed E-state index contributed by atoms with van der Waals surface area (Å²) >= 11 is 0. The molecular weight excluding hydrogens is 270 g/mol. The smallest absolute Gasteiger partial charge is 0.207 e. The molecule has 3 nitrogen and oxygen atoms in total. The number of rotatable bonds is 3. The average Bonchev–Trinajstić information content (AvgIpc) is 2.70. The lowest BCUT2D eigenvalue weighted by Gasteiger charge is -2.30. The van der Waals surface area contributed by atoms with Crippen LogP contribution in [0.15, 0.2) is 41.3 Å². The van der Waals surface area contributed by atoms with Crippen LogP contribution in [0.5, 0.6) is 0 Å². The van der Waals surface area contributed by atoms with Crippen molar-refractivity contribution in [3.05, 3.63) is 42.0 Å². The summed E-state index contributed by atoms with van der Waals surface area (Å²) < 4.78 is 27.4. The van der Waals surface area contributed by atoms with Crippen LogP contribution < -0.4 is 0 Å². The highest BCUT2D eigenvalue weighted by atomic mass is 32.2. The molecule has 0 saturated carbocycles. The first-order valence-corrected chi connectivity index (χ1v) is 8.74. The van der Waals surface area contributed by atoms with Gasteiger partial charge in [-0.25, -0.2) is 8.42 Å². The highest BCUT2D eigenvalue weighted by Crippen LogP contribution is 2.36. The zero-order valence-electron chi connectivity index (χ0n) is 12.0. The van der Waals surface area contributed by atoms with E-state index in [4.69, 9.17) is 0 Å². The van der Waals surface area contributed by atoms with Gasteiger partial charge in [0.15, 0.2) is 0 Å². The van der Waals surface area contributed by atoms with Crippen LogP contribution in [0, 0.1) is 0 Å². The maximum absolute atomic E-state index is 12.8. The maximum atomic E-state index is 12.8. The summed E-state index contributed by atoms with van der Waals surface area (Å²) in [6.45, 7) is 4.22. The van der Waals surface area contributed by atoms with Gasteiger partial charge >= 0.3 is 0 Å². The molecule has 1 saturated heterocycles. The van der Waals surface area contributed by atoms with E-state index in [1.807, 2.05) is 18.2 Å². The second kappa shape index (κ2) is 5.01. The van der Waals surface area contributed by atoms with E-state index in [-0.39, 0.29) is 12.1 Å². The number of benzene rings is 1. The van der Waals surface area contributed by atoms with E-state index in [2.05, 4.69) is 19.9 Å². The summed E-state index contributed by atoms with van der Waals surface area (Å²) in [5.74, 6) is 0.417. The Kier molecular flexibility index (Phi) is 3.46. The molecule has 0 spiro atoms. The van der Waals surface area contributed by atoms with Crippen LogP contribution in [-0.4, -0.2) is 24.8 Å². The van der Waals surface area contributed by atoms with Gasteiger partial charge < -0.3 is 0 Å². The quantitative estimate of drug-likeness (QED) is 0.801. The molecule has 4 heteroatoms. The molecule has 1 aromatic rings. The molecule has 0 amide bonds. The summed E-state index contributed by atoms with van der Waals surface area (Å²) in [5.41, 5.74) is 1.17. The Balaban J connectivity index is 1.94. The minimum Gasteiger partial charge on any atom is -0.207 e. The van der Waals surface area contributed by atoms with Crippen molar-refractivity contribution < 1.29 is 8.42 Å². The molecule has 2 aliphatic rings. The molecule has 3 rings (SSSR count). The molecule has 2 atom stereocenters. The van der Waals surface area contributed by atoms with Gasteiger partial charge in [0.05, 0.1) is 4.90 Å². The second-order valence-electron chi connectivity index (χ2n) is 6.02. The van der Waals surface area contributed by atoms with Crippen molar-refractivity contribution in [2.24, 2.45) is 0 Å². The molecule has 2 bridgehead atoms. The van der Waals surface area contributed by atoms with Crippen LogP contribution in [0.4, 0.5) is 0 Å². The van der Waals surface area contributed by atoms with E-state index >= 15 is 0 Å². The Bertz CT molecular complexity index is 616. The van der Waals surface area contributed by atoms with Gasteiger partial charge in [-0.2, -0.15) is 4.31 Å². The largest absolute Gasteiger partial charge is 0.243 e. The summed E-state index contributed by atoms with van der Waals surface area (Å²) in [4.78, 5) is 0.425. The molecular formula is C16H21NO2S. The zero-order chi connectivity index (χ0) is 14.3. The van der Waals surface area contributed by atoms with Gasteiger partial charge in [0.1, 0.15) is 0 Å². The average molecular weight is 291 g/mol. The van der Waals surface area contributed by atoms with Crippen LogP contribution in [0.3, 0.4) is 0 Å². The molecule has 0 radical (unpaired) electrons. The van der Waals surface area contributed by atoms with Crippen molar-refractivity contribution in [1.82, 2.24) is 4.31 Å². The lowest BCUT2D eigenvalue weighted by molar-refractivity contribution is 0.341.